The van der Waals surface area contributed by atoms with Crippen LogP contribution in [0.25, 0.3) is 0 Å². The Kier molecular flexibility index (Phi) is 8.55. The molecule has 0 heterocycles. The molecule has 4 atom stereocenters. The molecule has 1 rings (SSSR count). The summed E-state index contributed by atoms with van der Waals surface area (Å²) < 4.78 is 5.29. The van der Waals surface area contributed by atoms with E-state index in [4.69, 9.17) is 4.74 Å². The topological polar surface area (TPSA) is 66.8 Å². The normalized spacial score (nSPS) is 37.7. The lowest BCUT2D eigenvalue weighted by Crippen LogP contribution is -2.38. The Balaban J connectivity index is 3.11. The third-order valence-corrected chi connectivity index (χ3v) is 5.68. The summed E-state index contributed by atoms with van der Waals surface area (Å²) in [6, 6.07) is 0. The van der Waals surface area contributed by atoms with Crippen molar-refractivity contribution in [3.05, 3.63) is 23.8 Å². The van der Waals surface area contributed by atoms with Crippen LogP contribution in [0.4, 0.5) is 0 Å². The zero-order valence-electron chi connectivity index (χ0n) is 17.4. The Labute approximate surface area is 159 Å². The van der Waals surface area contributed by atoms with Gasteiger partial charge in [0.25, 0.3) is 0 Å². The van der Waals surface area contributed by atoms with Gasteiger partial charge < -0.3 is 14.9 Å². The smallest absolute Gasteiger partial charge is 0.302 e. The second-order valence-electron chi connectivity index (χ2n) is 8.91. The molecule has 0 fully saturated rings. The molecule has 1 aliphatic rings. The van der Waals surface area contributed by atoms with Gasteiger partial charge in [-0.2, -0.15) is 0 Å². The first-order valence-electron chi connectivity index (χ1n) is 9.84. The summed E-state index contributed by atoms with van der Waals surface area (Å²) in [7, 11) is 0. The summed E-state index contributed by atoms with van der Waals surface area (Å²) in [6.07, 6.45) is 9.18. The van der Waals surface area contributed by atoms with Crippen molar-refractivity contribution >= 4 is 5.97 Å². The number of aliphatic hydroxyl groups excluding tert-OH is 1. The van der Waals surface area contributed by atoms with E-state index in [-0.39, 0.29) is 12.6 Å². The molecule has 0 aromatic rings. The van der Waals surface area contributed by atoms with E-state index in [1.807, 2.05) is 26.8 Å². The molecule has 4 heteroatoms. The molecule has 0 saturated heterocycles. The summed E-state index contributed by atoms with van der Waals surface area (Å²) in [5.41, 5.74) is -0.207. The zero-order chi connectivity index (χ0) is 20.0. The van der Waals surface area contributed by atoms with Gasteiger partial charge in [-0.1, -0.05) is 44.6 Å². The van der Waals surface area contributed by atoms with Crippen molar-refractivity contribution < 1.29 is 19.7 Å². The molecule has 0 bridgehead atoms. The monoisotopic (exact) mass is 366 g/mol. The molecular weight excluding hydrogens is 328 g/mol. The fraction of sp³-hybridized carbons (Fsp3) is 0.773. The van der Waals surface area contributed by atoms with Gasteiger partial charge in [0.05, 0.1) is 18.3 Å². The molecular formula is C22H38O4. The summed E-state index contributed by atoms with van der Waals surface area (Å²) in [5, 5.41) is 21.5. The van der Waals surface area contributed by atoms with Crippen molar-refractivity contribution in [2.24, 2.45) is 17.3 Å². The molecule has 0 spiro atoms. The van der Waals surface area contributed by atoms with Crippen LogP contribution in [0.5, 0.6) is 0 Å². The van der Waals surface area contributed by atoms with Crippen molar-refractivity contribution in [1.82, 2.24) is 0 Å². The number of rotatable bonds is 3. The predicted molar refractivity (Wildman–Crippen MR) is 106 cm³/mol. The summed E-state index contributed by atoms with van der Waals surface area (Å²) in [4.78, 5) is 11.3. The van der Waals surface area contributed by atoms with Crippen LogP contribution in [0.3, 0.4) is 0 Å². The maximum atomic E-state index is 11.3. The fourth-order valence-corrected chi connectivity index (χ4v) is 3.41. The number of carbonyl (C=O) groups excluding carboxylic acids is 1. The molecule has 0 saturated carbocycles. The second-order valence-corrected chi connectivity index (χ2v) is 8.91. The molecule has 4 nitrogen and oxygen atoms in total. The minimum Gasteiger partial charge on any atom is -0.465 e. The molecule has 150 valence electrons. The van der Waals surface area contributed by atoms with Crippen LogP contribution in [0.15, 0.2) is 23.8 Å². The zero-order valence-corrected chi connectivity index (χ0v) is 17.4. The van der Waals surface area contributed by atoms with E-state index in [9.17, 15) is 15.0 Å². The van der Waals surface area contributed by atoms with E-state index in [1.54, 1.807) is 0 Å². The highest BCUT2D eigenvalue weighted by molar-refractivity contribution is 5.65. The lowest BCUT2D eigenvalue weighted by atomic mass is 9.75. The lowest BCUT2D eigenvalue weighted by molar-refractivity contribution is -0.147. The van der Waals surface area contributed by atoms with Crippen molar-refractivity contribution in [3.8, 4) is 0 Å². The van der Waals surface area contributed by atoms with E-state index < -0.39 is 17.1 Å². The average molecular weight is 367 g/mol. The minimum atomic E-state index is -0.822. The van der Waals surface area contributed by atoms with E-state index in [0.717, 1.165) is 24.8 Å². The molecule has 0 aliphatic heterocycles. The van der Waals surface area contributed by atoms with Gasteiger partial charge >= 0.3 is 5.97 Å². The number of aliphatic hydroxyl groups is 2. The Morgan fingerprint density at radius 1 is 1.35 bits per heavy atom. The van der Waals surface area contributed by atoms with Crippen molar-refractivity contribution in [3.63, 3.8) is 0 Å². The SMILES string of the molecule is CC(=O)OC[C@@]1(C)CC[C@@H](C(C)C)/C=C/[C@](C)(O)CC/C=C(\C)C[C@@H]1O. The number of hydrogen-bond donors (Lipinski definition) is 2. The van der Waals surface area contributed by atoms with E-state index in [0.29, 0.717) is 24.7 Å². The molecule has 26 heavy (non-hydrogen) atoms. The Bertz CT molecular complexity index is 518. The van der Waals surface area contributed by atoms with Gasteiger partial charge in [0.2, 0.25) is 0 Å². The first kappa shape index (κ1) is 22.9. The maximum absolute atomic E-state index is 11.3. The van der Waals surface area contributed by atoms with Crippen LogP contribution < -0.4 is 0 Å². The fourth-order valence-electron chi connectivity index (χ4n) is 3.41. The molecule has 1 aliphatic carbocycles. The molecule has 0 aromatic carbocycles. The summed E-state index contributed by atoms with van der Waals surface area (Å²) >= 11 is 0. The average Bonchev–Trinajstić information content (AvgIpc) is 2.51. The number of ether oxygens (including phenoxy) is 1. The largest absolute Gasteiger partial charge is 0.465 e. The minimum absolute atomic E-state index is 0.225. The van der Waals surface area contributed by atoms with Gasteiger partial charge in [-0.25, -0.2) is 0 Å². The maximum Gasteiger partial charge on any atom is 0.302 e. The van der Waals surface area contributed by atoms with Crippen LogP contribution >= 0.6 is 0 Å². The highest BCUT2D eigenvalue weighted by Crippen LogP contribution is 2.36. The van der Waals surface area contributed by atoms with Crippen LogP contribution in [-0.4, -0.2) is 34.5 Å². The van der Waals surface area contributed by atoms with Gasteiger partial charge in [-0.3, -0.25) is 4.79 Å². The number of allylic oxidation sites excluding steroid dienone is 2. The summed E-state index contributed by atoms with van der Waals surface area (Å²) in [6.45, 7) is 11.8. The van der Waals surface area contributed by atoms with Crippen LogP contribution in [0, 0.1) is 17.3 Å². The Morgan fingerprint density at radius 2 is 2.00 bits per heavy atom. The highest BCUT2D eigenvalue weighted by atomic mass is 16.5. The van der Waals surface area contributed by atoms with Gasteiger partial charge in [0.1, 0.15) is 0 Å². The third kappa shape index (κ3) is 7.63. The second kappa shape index (κ2) is 9.70. The van der Waals surface area contributed by atoms with E-state index >= 15 is 0 Å². The molecule has 0 radical (unpaired) electrons. The van der Waals surface area contributed by atoms with E-state index in [2.05, 4.69) is 26.0 Å². The first-order chi connectivity index (χ1) is 11.9. The van der Waals surface area contributed by atoms with Crippen molar-refractivity contribution in [2.75, 3.05) is 6.61 Å². The lowest BCUT2D eigenvalue weighted by Gasteiger charge is -2.35. The number of hydrogen-bond acceptors (Lipinski definition) is 4. The molecule has 0 unspecified atom stereocenters. The van der Waals surface area contributed by atoms with Crippen LogP contribution in [-0.2, 0) is 9.53 Å². The summed E-state index contributed by atoms with van der Waals surface area (Å²) in [5.74, 6) is 0.423. The van der Waals surface area contributed by atoms with Gasteiger partial charge in [0, 0.05) is 12.3 Å². The Hall–Kier alpha value is -1.13. The predicted octanol–water partition coefficient (Wildman–Crippen LogP) is 4.41. The third-order valence-electron chi connectivity index (χ3n) is 5.68. The van der Waals surface area contributed by atoms with E-state index in [1.165, 1.54) is 6.92 Å². The highest BCUT2D eigenvalue weighted by Gasteiger charge is 2.35. The molecule has 0 amide bonds. The van der Waals surface area contributed by atoms with Crippen LogP contribution in [0.1, 0.15) is 73.6 Å². The first-order valence-corrected chi connectivity index (χ1v) is 9.84. The van der Waals surface area contributed by atoms with Crippen molar-refractivity contribution in [2.45, 2.75) is 85.4 Å². The number of carbonyl (C=O) groups is 1. The quantitative estimate of drug-likeness (QED) is 0.574. The van der Waals surface area contributed by atoms with Crippen molar-refractivity contribution in [1.29, 1.82) is 0 Å². The molecule has 0 aromatic heterocycles. The molecule has 2 N–H and O–H groups in total. The van der Waals surface area contributed by atoms with Gasteiger partial charge in [0.15, 0.2) is 0 Å². The van der Waals surface area contributed by atoms with Gasteiger partial charge in [-0.15, -0.1) is 0 Å². The Morgan fingerprint density at radius 3 is 2.58 bits per heavy atom. The van der Waals surface area contributed by atoms with Crippen LogP contribution in [0.2, 0.25) is 0 Å². The number of esters is 1. The standard InChI is InChI=1S/C22H38O4/c1-16(2)19-9-12-21(5,15-26-18(4)23)20(24)14-17(3)8-7-11-22(6,25)13-10-19/h8,10,13,16,19-20,24-25H,7,9,11-12,14-15H2,1-6H3/b13-10+,17-8+/t19-,20+,21-,22-/m1/s1. The van der Waals surface area contributed by atoms with Gasteiger partial charge in [-0.05, 0) is 57.8 Å².